The van der Waals surface area contributed by atoms with E-state index in [4.69, 9.17) is 0 Å². The van der Waals surface area contributed by atoms with Crippen molar-refractivity contribution >= 4 is 22.5 Å². The van der Waals surface area contributed by atoms with Gasteiger partial charge in [0.15, 0.2) is 5.82 Å². The number of aromatic nitrogens is 3. The van der Waals surface area contributed by atoms with Gasteiger partial charge in [-0.05, 0) is 37.1 Å². The van der Waals surface area contributed by atoms with Crippen LogP contribution in [0.5, 0.6) is 5.75 Å². The summed E-state index contributed by atoms with van der Waals surface area (Å²) in [5.41, 5.74) is -0.535. The van der Waals surface area contributed by atoms with E-state index in [-0.39, 0.29) is 23.1 Å². The van der Waals surface area contributed by atoms with Crippen molar-refractivity contribution in [3.8, 4) is 17.0 Å². The second kappa shape index (κ2) is 7.61. The second-order valence-electron chi connectivity index (χ2n) is 8.28. The molecule has 166 valence electrons. The Balaban J connectivity index is 1.42. The molecule has 7 nitrogen and oxygen atoms in total. The number of rotatable bonds is 5. The highest BCUT2D eigenvalue weighted by molar-refractivity contribution is 6.00. The molecule has 0 radical (unpaired) electrons. The topological polar surface area (TPSA) is 91.2 Å². The smallest absolute Gasteiger partial charge is 0.416 e. The summed E-state index contributed by atoms with van der Waals surface area (Å²) in [7, 11) is 0. The fraction of sp³-hybridized carbons (Fsp3) is 0.364. The number of aromatic hydroxyl groups is 1. The number of nitrogens with zero attached hydrogens (tertiary/aromatic N) is 4. The number of anilines is 1. The maximum Gasteiger partial charge on any atom is 0.416 e. The first kappa shape index (κ1) is 20.5. The van der Waals surface area contributed by atoms with Crippen LogP contribution in [-0.2, 0) is 11.0 Å². The lowest BCUT2D eigenvalue weighted by molar-refractivity contribution is -0.137. The molecular weight excluding hydrogens is 423 g/mol. The Morgan fingerprint density at radius 3 is 2.69 bits per heavy atom. The van der Waals surface area contributed by atoms with Gasteiger partial charge in [-0.2, -0.15) is 13.2 Å². The van der Waals surface area contributed by atoms with Crippen LogP contribution in [0.1, 0.15) is 24.8 Å². The number of likely N-dealkylation sites (tertiary alicyclic amines) is 1. The summed E-state index contributed by atoms with van der Waals surface area (Å²) in [6, 6.07) is 4.84. The van der Waals surface area contributed by atoms with Crippen LogP contribution >= 0.6 is 0 Å². The number of benzene rings is 1. The Bertz CT molecular complexity index is 1200. The van der Waals surface area contributed by atoms with E-state index in [2.05, 4.69) is 20.5 Å². The molecule has 2 aliphatic rings. The second-order valence-corrected chi connectivity index (χ2v) is 8.28. The van der Waals surface area contributed by atoms with Crippen molar-refractivity contribution in [3.05, 3.63) is 42.2 Å². The van der Waals surface area contributed by atoms with Crippen LogP contribution in [-0.4, -0.2) is 50.2 Å². The van der Waals surface area contributed by atoms with Crippen LogP contribution in [0, 0.1) is 5.92 Å². The molecule has 1 aliphatic carbocycles. The van der Waals surface area contributed by atoms with Gasteiger partial charge in [-0.25, -0.2) is 0 Å². The Morgan fingerprint density at radius 1 is 1.16 bits per heavy atom. The minimum Gasteiger partial charge on any atom is -0.507 e. The van der Waals surface area contributed by atoms with Crippen LogP contribution < -0.4 is 5.32 Å². The maximum atomic E-state index is 12.9. The normalized spacial score (nSPS) is 19.0. The quantitative estimate of drug-likeness (QED) is 0.623. The van der Waals surface area contributed by atoms with Crippen molar-refractivity contribution in [1.29, 1.82) is 0 Å². The Morgan fingerprint density at radius 2 is 1.97 bits per heavy atom. The Labute approximate surface area is 181 Å². The number of carbonyl (C=O) groups excluding carboxylic acids is 1. The fourth-order valence-electron chi connectivity index (χ4n) is 4.16. The van der Waals surface area contributed by atoms with Crippen molar-refractivity contribution in [2.24, 2.45) is 5.92 Å². The lowest BCUT2D eigenvalue weighted by Crippen LogP contribution is -2.28. The molecule has 3 heterocycles. The molecule has 5 rings (SSSR count). The number of alkyl halides is 3. The molecular formula is C22H20F3N5O2. The number of carbonyl (C=O) groups is 1. The van der Waals surface area contributed by atoms with E-state index >= 15 is 0 Å². The van der Waals surface area contributed by atoms with E-state index in [9.17, 15) is 23.1 Å². The van der Waals surface area contributed by atoms with E-state index < -0.39 is 17.5 Å². The molecule has 10 heteroatoms. The first-order valence-corrected chi connectivity index (χ1v) is 10.4. The summed E-state index contributed by atoms with van der Waals surface area (Å²) >= 11 is 0. The van der Waals surface area contributed by atoms with Gasteiger partial charge in [0.05, 0.1) is 5.56 Å². The third-order valence-corrected chi connectivity index (χ3v) is 5.95. The SMILES string of the molecule is O=C1CC(CNc2nnc(-c3ccc(C(F)(F)F)cc3O)c3ccncc23)CN1C1CC1. The molecule has 2 N–H and O–H groups in total. The highest BCUT2D eigenvalue weighted by Crippen LogP contribution is 2.38. The van der Waals surface area contributed by atoms with Crippen molar-refractivity contribution in [2.75, 3.05) is 18.4 Å². The molecule has 1 saturated heterocycles. The molecule has 0 bridgehead atoms. The molecule has 3 aromatic rings. The van der Waals surface area contributed by atoms with Crippen LogP contribution in [0.2, 0.25) is 0 Å². The summed E-state index contributed by atoms with van der Waals surface area (Å²) < 4.78 is 38.8. The van der Waals surface area contributed by atoms with E-state index in [1.54, 1.807) is 18.5 Å². The van der Waals surface area contributed by atoms with Crippen molar-refractivity contribution in [2.45, 2.75) is 31.5 Å². The van der Waals surface area contributed by atoms with Gasteiger partial charge >= 0.3 is 6.18 Å². The number of phenols is 1. The Kier molecular flexibility index (Phi) is 4.87. The van der Waals surface area contributed by atoms with Gasteiger partial charge in [0, 0.05) is 60.2 Å². The molecule has 1 amide bonds. The molecule has 1 aromatic carbocycles. The molecule has 2 aromatic heterocycles. The number of nitrogens with one attached hydrogen (secondary N) is 1. The summed E-state index contributed by atoms with van der Waals surface area (Å²) in [6.07, 6.45) is 1.22. The molecule has 0 spiro atoms. The van der Waals surface area contributed by atoms with E-state index in [1.807, 2.05) is 4.90 Å². The first-order valence-electron chi connectivity index (χ1n) is 10.4. The standard InChI is InChI=1S/C22H20F3N5O2/c23-22(24,25)13-1-4-16(18(31)8-13)20-15-5-6-26-10-17(15)21(29-28-20)27-9-12-7-19(32)30(11-12)14-2-3-14/h1,4-6,8,10,12,14,31H,2-3,7,9,11H2,(H,27,29). The van der Waals surface area contributed by atoms with Gasteiger partial charge in [0.25, 0.3) is 0 Å². The molecule has 1 atom stereocenters. The highest BCUT2D eigenvalue weighted by atomic mass is 19.4. The van der Waals surface area contributed by atoms with Crippen LogP contribution in [0.15, 0.2) is 36.7 Å². The largest absolute Gasteiger partial charge is 0.507 e. The number of amides is 1. The molecule has 1 saturated carbocycles. The number of hydrogen-bond donors (Lipinski definition) is 2. The lowest BCUT2D eigenvalue weighted by atomic mass is 10.0. The minimum atomic E-state index is -4.56. The summed E-state index contributed by atoms with van der Waals surface area (Å²) in [6.45, 7) is 1.26. The predicted molar refractivity (Wildman–Crippen MR) is 111 cm³/mol. The van der Waals surface area contributed by atoms with E-state index in [1.165, 1.54) is 6.07 Å². The van der Waals surface area contributed by atoms with Gasteiger partial charge in [-0.1, -0.05) is 0 Å². The first-order chi connectivity index (χ1) is 15.3. The van der Waals surface area contributed by atoms with Crippen molar-refractivity contribution < 1.29 is 23.1 Å². The minimum absolute atomic E-state index is 0.148. The predicted octanol–water partition coefficient (Wildman–Crippen LogP) is 3.84. The molecule has 1 unspecified atom stereocenters. The number of fused-ring (bicyclic) bond motifs is 1. The zero-order chi connectivity index (χ0) is 22.5. The van der Waals surface area contributed by atoms with Gasteiger partial charge in [-0.15, -0.1) is 10.2 Å². The van der Waals surface area contributed by atoms with Crippen molar-refractivity contribution in [1.82, 2.24) is 20.1 Å². The summed E-state index contributed by atoms with van der Waals surface area (Å²) in [5, 5.41) is 23.1. The number of phenolic OH excluding ortho intramolecular Hbond substituents is 1. The molecule has 1 aliphatic heterocycles. The highest BCUT2D eigenvalue weighted by Gasteiger charge is 2.39. The third-order valence-electron chi connectivity index (χ3n) is 5.95. The summed E-state index contributed by atoms with van der Waals surface area (Å²) in [5.74, 6) is 0.290. The molecule has 32 heavy (non-hydrogen) atoms. The zero-order valence-electron chi connectivity index (χ0n) is 16.9. The lowest BCUT2D eigenvalue weighted by Gasteiger charge is -2.16. The average Bonchev–Trinajstić information content (AvgIpc) is 3.54. The third kappa shape index (κ3) is 3.80. The van der Waals surface area contributed by atoms with Gasteiger partial charge < -0.3 is 15.3 Å². The monoisotopic (exact) mass is 443 g/mol. The van der Waals surface area contributed by atoms with E-state index in [0.29, 0.717) is 41.7 Å². The van der Waals surface area contributed by atoms with Crippen LogP contribution in [0.3, 0.4) is 0 Å². The number of pyridine rings is 1. The zero-order valence-corrected chi connectivity index (χ0v) is 16.9. The van der Waals surface area contributed by atoms with E-state index in [0.717, 1.165) is 25.5 Å². The van der Waals surface area contributed by atoms with Crippen molar-refractivity contribution in [3.63, 3.8) is 0 Å². The average molecular weight is 443 g/mol. The summed E-state index contributed by atoms with van der Waals surface area (Å²) in [4.78, 5) is 18.3. The molecule has 2 fully saturated rings. The Hall–Kier alpha value is -3.43. The van der Waals surface area contributed by atoms with Crippen LogP contribution in [0.4, 0.5) is 19.0 Å². The van der Waals surface area contributed by atoms with Gasteiger partial charge in [-0.3, -0.25) is 9.78 Å². The number of halogens is 3. The van der Waals surface area contributed by atoms with Gasteiger partial charge in [0.2, 0.25) is 5.91 Å². The van der Waals surface area contributed by atoms with Gasteiger partial charge in [0.1, 0.15) is 11.4 Å². The van der Waals surface area contributed by atoms with Crippen LogP contribution in [0.25, 0.3) is 22.0 Å². The fourth-order valence-corrected chi connectivity index (χ4v) is 4.16. The number of hydrogen-bond acceptors (Lipinski definition) is 6. The maximum absolute atomic E-state index is 12.9.